The van der Waals surface area contributed by atoms with Crippen LogP contribution in [0.2, 0.25) is 0 Å². The number of hydrogen-bond acceptors (Lipinski definition) is 5. The van der Waals surface area contributed by atoms with Crippen molar-refractivity contribution in [2.75, 3.05) is 13.1 Å². The van der Waals surface area contributed by atoms with E-state index in [1.165, 1.54) is 6.33 Å². The fraction of sp³-hybridized carbons (Fsp3) is 0.421. The summed E-state index contributed by atoms with van der Waals surface area (Å²) in [5.74, 6) is 1.42. The lowest BCUT2D eigenvalue weighted by atomic mass is 10.1. The Morgan fingerprint density at radius 1 is 1.16 bits per heavy atom. The molecule has 0 atom stereocenters. The first-order chi connectivity index (χ1) is 12.1. The van der Waals surface area contributed by atoms with E-state index in [4.69, 9.17) is 9.47 Å². The summed E-state index contributed by atoms with van der Waals surface area (Å²) >= 11 is 0. The molecule has 25 heavy (non-hydrogen) atoms. The van der Waals surface area contributed by atoms with E-state index in [-0.39, 0.29) is 18.1 Å². The third kappa shape index (κ3) is 4.68. The Morgan fingerprint density at radius 3 is 2.48 bits per heavy atom. The van der Waals surface area contributed by atoms with Crippen molar-refractivity contribution >= 4 is 5.91 Å². The molecule has 3 rings (SSSR count). The molecule has 1 aliphatic heterocycles. The molecule has 0 bridgehead atoms. The van der Waals surface area contributed by atoms with Gasteiger partial charge in [0.2, 0.25) is 5.88 Å². The van der Waals surface area contributed by atoms with Crippen LogP contribution in [0, 0.1) is 0 Å². The van der Waals surface area contributed by atoms with E-state index in [9.17, 15) is 4.79 Å². The quantitative estimate of drug-likeness (QED) is 0.836. The summed E-state index contributed by atoms with van der Waals surface area (Å²) in [6.07, 6.45) is 4.93. The average molecular weight is 341 g/mol. The summed E-state index contributed by atoms with van der Waals surface area (Å²) in [6, 6.07) is 9.09. The first-order valence-electron chi connectivity index (χ1n) is 8.60. The van der Waals surface area contributed by atoms with Crippen molar-refractivity contribution in [3.05, 3.63) is 48.4 Å². The summed E-state index contributed by atoms with van der Waals surface area (Å²) in [5.41, 5.74) is 0.686. The largest absolute Gasteiger partial charge is 0.491 e. The van der Waals surface area contributed by atoms with Gasteiger partial charge in [0.05, 0.1) is 6.10 Å². The van der Waals surface area contributed by atoms with E-state index < -0.39 is 0 Å². The highest BCUT2D eigenvalue weighted by molar-refractivity contribution is 5.94. The first-order valence-corrected chi connectivity index (χ1v) is 8.60. The second kappa shape index (κ2) is 7.96. The number of nitrogens with zero attached hydrogens (tertiary/aromatic N) is 3. The van der Waals surface area contributed by atoms with Crippen LogP contribution in [-0.2, 0) is 0 Å². The van der Waals surface area contributed by atoms with Crippen LogP contribution in [0.5, 0.6) is 11.6 Å². The van der Waals surface area contributed by atoms with Gasteiger partial charge < -0.3 is 14.4 Å². The van der Waals surface area contributed by atoms with Gasteiger partial charge in [0, 0.05) is 43.8 Å². The van der Waals surface area contributed by atoms with Gasteiger partial charge in [-0.15, -0.1) is 0 Å². The van der Waals surface area contributed by atoms with Crippen molar-refractivity contribution < 1.29 is 14.3 Å². The van der Waals surface area contributed by atoms with Crippen LogP contribution in [0.15, 0.2) is 42.9 Å². The average Bonchev–Trinajstić information content (AvgIpc) is 2.63. The molecule has 2 heterocycles. The molecule has 132 valence electrons. The zero-order valence-electron chi connectivity index (χ0n) is 14.6. The lowest BCUT2D eigenvalue weighted by Crippen LogP contribution is -2.41. The summed E-state index contributed by atoms with van der Waals surface area (Å²) in [7, 11) is 0. The van der Waals surface area contributed by atoms with Gasteiger partial charge in [-0.3, -0.25) is 4.79 Å². The van der Waals surface area contributed by atoms with Crippen molar-refractivity contribution in [1.29, 1.82) is 0 Å². The lowest BCUT2D eigenvalue weighted by molar-refractivity contribution is 0.0587. The normalized spacial score (nSPS) is 15.2. The van der Waals surface area contributed by atoms with Crippen molar-refractivity contribution in [3.8, 4) is 11.6 Å². The van der Waals surface area contributed by atoms with E-state index in [2.05, 4.69) is 9.97 Å². The number of ether oxygens (including phenoxy) is 2. The molecule has 6 nitrogen and oxygen atoms in total. The van der Waals surface area contributed by atoms with Crippen molar-refractivity contribution in [1.82, 2.24) is 14.9 Å². The molecule has 0 aliphatic carbocycles. The minimum Gasteiger partial charge on any atom is -0.491 e. The number of carbonyl (C=O) groups excluding carboxylic acids is 1. The number of benzene rings is 1. The fourth-order valence-electron chi connectivity index (χ4n) is 2.83. The highest BCUT2D eigenvalue weighted by Crippen LogP contribution is 2.20. The van der Waals surface area contributed by atoms with Crippen LogP contribution in [0.3, 0.4) is 0 Å². The smallest absolute Gasteiger partial charge is 0.253 e. The second-order valence-electron chi connectivity index (χ2n) is 6.35. The zero-order valence-corrected chi connectivity index (χ0v) is 14.6. The van der Waals surface area contributed by atoms with E-state index >= 15 is 0 Å². The van der Waals surface area contributed by atoms with Crippen LogP contribution in [0.4, 0.5) is 0 Å². The van der Waals surface area contributed by atoms with Gasteiger partial charge in [-0.05, 0) is 38.1 Å². The van der Waals surface area contributed by atoms with E-state index in [1.807, 2.05) is 43.0 Å². The number of carbonyl (C=O) groups is 1. The first kappa shape index (κ1) is 17.2. The number of likely N-dealkylation sites (tertiary alicyclic amines) is 1. The molecule has 0 N–H and O–H groups in total. The van der Waals surface area contributed by atoms with E-state index in [0.717, 1.165) is 18.6 Å². The maximum Gasteiger partial charge on any atom is 0.253 e. The number of rotatable bonds is 5. The van der Waals surface area contributed by atoms with Gasteiger partial charge in [-0.2, -0.15) is 0 Å². The second-order valence-corrected chi connectivity index (χ2v) is 6.35. The van der Waals surface area contributed by atoms with Crippen LogP contribution < -0.4 is 9.47 Å². The summed E-state index contributed by atoms with van der Waals surface area (Å²) < 4.78 is 11.4. The minimum atomic E-state index is 0.0524. The van der Waals surface area contributed by atoms with E-state index in [0.29, 0.717) is 24.5 Å². The highest BCUT2D eigenvalue weighted by atomic mass is 16.5. The van der Waals surface area contributed by atoms with Gasteiger partial charge in [0.25, 0.3) is 5.91 Å². The van der Waals surface area contributed by atoms with Crippen molar-refractivity contribution in [2.24, 2.45) is 0 Å². The standard InChI is InChI=1S/C19H23N3O3/c1-14(2)24-16-5-3-15(4-6-16)19(23)22-11-8-17(9-12-22)25-18-7-10-20-13-21-18/h3-7,10,13-14,17H,8-9,11-12H2,1-2H3. The molecule has 6 heteroatoms. The molecule has 1 aromatic carbocycles. The van der Waals surface area contributed by atoms with Crippen LogP contribution in [-0.4, -0.2) is 46.1 Å². The van der Waals surface area contributed by atoms with Gasteiger partial charge in [0.15, 0.2) is 0 Å². The Balaban J connectivity index is 1.52. The molecule has 1 aliphatic rings. The molecule has 1 saturated heterocycles. The molecular formula is C19H23N3O3. The highest BCUT2D eigenvalue weighted by Gasteiger charge is 2.25. The molecule has 0 unspecified atom stereocenters. The van der Waals surface area contributed by atoms with Gasteiger partial charge in [-0.25, -0.2) is 9.97 Å². The third-order valence-corrected chi connectivity index (χ3v) is 4.04. The Bertz CT molecular complexity index is 681. The molecule has 1 aromatic heterocycles. The van der Waals surface area contributed by atoms with Gasteiger partial charge >= 0.3 is 0 Å². The number of hydrogen-bond donors (Lipinski definition) is 0. The topological polar surface area (TPSA) is 64.5 Å². The number of amides is 1. The van der Waals surface area contributed by atoms with Crippen LogP contribution >= 0.6 is 0 Å². The lowest BCUT2D eigenvalue weighted by Gasteiger charge is -2.32. The predicted molar refractivity (Wildman–Crippen MR) is 93.8 cm³/mol. The Morgan fingerprint density at radius 2 is 1.88 bits per heavy atom. The SMILES string of the molecule is CC(C)Oc1ccc(C(=O)N2CCC(Oc3ccncn3)CC2)cc1. The summed E-state index contributed by atoms with van der Waals surface area (Å²) in [4.78, 5) is 22.4. The molecular weight excluding hydrogens is 318 g/mol. The Kier molecular flexibility index (Phi) is 5.48. The molecule has 1 amide bonds. The number of aromatic nitrogens is 2. The number of piperidine rings is 1. The summed E-state index contributed by atoms with van der Waals surface area (Å²) in [6.45, 7) is 5.32. The van der Waals surface area contributed by atoms with Crippen molar-refractivity contribution in [3.63, 3.8) is 0 Å². The molecule has 0 radical (unpaired) electrons. The predicted octanol–water partition coefficient (Wildman–Crippen LogP) is 2.95. The summed E-state index contributed by atoms with van der Waals surface area (Å²) in [5, 5.41) is 0. The van der Waals surface area contributed by atoms with Gasteiger partial charge in [0.1, 0.15) is 18.2 Å². The molecule has 1 fully saturated rings. The molecule has 0 spiro atoms. The van der Waals surface area contributed by atoms with Gasteiger partial charge in [-0.1, -0.05) is 0 Å². The zero-order chi connectivity index (χ0) is 17.6. The van der Waals surface area contributed by atoms with E-state index in [1.54, 1.807) is 12.3 Å². The third-order valence-electron chi connectivity index (χ3n) is 4.04. The van der Waals surface area contributed by atoms with Crippen molar-refractivity contribution in [2.45, 2.75) is 38.9 Å². The van der Waals surface area contributed by atoms with Crippen LogP contribution in [0.1, 0.15) is 37.0 Å². The maximum absolute atomic E-state index is 12.6. The molecule has 2 aromatic rings. The fourth-order valence-corrected chi connectivity index (χ4v) is 2.83. The minimum absolute atomic E-state index is 0.0524. The maximum atomic E-state index is 12.6. The van der Waals surface area contributed by atoms with Crippen LogP contribution in [0.25, 0.3) is 0 Å². The monoisotopic (exact) mass is 341 g/mol. The Hall–Kier alpha value is -2.63. The Labute approximate surface area is 147 Å². The molecule has 0 saturated carbocycles.